The summed E-state index contributed by atoms with van der Waals surface area (Å²) >= 11 is 1.63. The molecule has 0 aliphatic heterocycles. The lowest BCUT2D eigenvalue weighted by molar-refractivity contribution is 0.102. The zero-order valence-electron chi connectivity index (χ0n) is 14.2. The van der Waals surface area contributed by atoms with Gasteiger partial charge in [-0.2, -0.15) is 0 Å². The first-order valence-corrected chi connectivity index (χ1v) is 8.76. The van der Waals surface area contributed by atoms with E-state index in [4.69, 9.17) is 5.73 Å². The Balaban J connectivity index is 1.68. The molecular formula is C19H20N4OS. The van der Waals surface area contributed by atoms with Crippen LogP contribution in [-0.4, -0.2) is 10.9 Å². The molecule has 0 unspecified atom stereocenters. The molecule has 1 amide bonds. The number of amides is 1. The molecule has 6 heteroatoms. The number of thiophene rings is 1. The summed E-state index contributed by atoms with van der Waals surface area (Å²) in [5, 5.41) is 6.22. The van der Waals surface area contributed by atoms with Gasteiger partial charge in [-0.15, -0.1) is 11.3 Å². The molecule has 1 aromatic carbocycles. The van der Waals surface area contributed by atoms with Crippen LogP contribution in [0, 0.1) is 13.8 Å². The Morgan fingerprint density at radius 1 is 1.20 bits per heavy atom. The molecule has 0 aliphatic carbocycles. The van der Waals surface area contributed by atoms with Crippen LogP contribution in [0.4, 0.5) is 17.2 Å². The molecule has 25 heavy (non-hydrogen) atoms. The summed E-state index contributed by atoms with van der Waals surface area (Å²) in [6.45, 7) is 4.56. The van der Waals surface area contributed by atoms with E-state index in [0.717, 1.165) is 32.3 Å². The van der Waals surface area contributed by atoms with Crippen molar-refractivity contribution in [2.24, 2.45) is 0 Å². The Labute approximate surface area is 150 Å². The van der Waals surface area contributed by atoms with Crippen molar-refractivity contribution in [1.82, 2.24) is 4.98 Å². The highest BCUT2D eigenvalue weighted by Crippen LogP contribution is 2.22. The summed E-state index contributed by atoms with van der Waals surface area (Å²) in [6, 6.07) is 13.4. The van der Waals surface area contributed by atoms with Crippen LogP contribution in [0.1, 0.15) is 25.7 Å². The number of benzene rings is 1. The quantitative estimate of drug-likeness (QED) is 0.643. The summed E-state index contributed by atoms with van der Waals surface area (Å²) in [7, 11) is 0. The van der Waals surface area contributed by atoms with Gasteiger partial charge in [-0.3, -0.25) is 4.79 Å². The van der Waals surface area contributed by atoms with Gasteiger partial charge < -0.3 is 16.4 Å². The van der Waals surface area contributed by atoms with E-state index in [1.54, 1.807) is 17.5 Å². The number of hydrogen-bond donors (Lipinski definition) is 3. The Bertz CT molecular complexity index is 904. The number of nitrogen functional groups attached to an aromatic ring is 1. The fraction of sp³-hybridized carbons (Fsp3) is 0.158. The van der Waals surface area contributed by atoms with Gasteiger partial charge in [0, 0.05) is 28.2 Å². The summed E-state index contributed by atoms with van der Waals surface area (Å²) in [5.41, 5.74) is 9.17. The molecule has 3 rings (SSSR count). The van der Waals surface area contributed by atoms with Crippen LogP contribution in [-0.2, 0) is 6.54 Å². The van der Waals surface area contributed by atoms with Crippen molar-refractivity contribution in [2.45, 2.75) is 20.4 Å². The lowest BCUT2D eigenvalue weighted by Gasteiger charge is -2.10. The number of aromatic nitrogens is 1. The van der Waals surface area contributed by atoms with E-state index in [-0.39, 0.29) is 5.91 Å². The van der Waals surface area contributed by atoms with Crippen molar-refractivity contribution in [3.8, 4) is 0 Å². The predicted molar refractivity (Wildman–Crippen MR) is 104 cm³/mol. The first-order valence-electron chi connectivity index (χ1n) is 7.94. The number of anilines is 3. The van der Waals surface area contributed by atoms with Crippen LogP contribution >= 0.6 is 11.3 Å². The maximum absolute atomic E-state index is 12.4. The first-order chi connectivity index (χ1) is 12.0. The summed E-state index contributed by atoms with van der Waals surface area (Å²) < 4.78 is 0. The van der Waals surface area contributed by atoms with Crippen molar-refractivity contribution < 1.29 is 4.79 Å². The van der Waals surface area contributed by atoms with E-state index in [2.05, 4.69) is 15.6 Å². The van der Waals surface area contributed by atoms with Crippen molar-refractivity contribution in [1.29, 1.82) is 0 Å². The van der Waals surface area contributed by atoms with E-state index in [9.17, 15) is 4.79 Å². The van der Waals surface area contributed by atoms with Gasteiger partial charge in [0.05, 0.1) is 11.3 Å². The third-order valence-corrected chi connectivity index (χ3v) is 4.76. The number of pyridine rings is 1. The van der Waals surface area contributed by atoms with Crippen molar-refractivity contribution in [2.75, 3.05) is 16.4 Å². The minimum atomic E-state index is -0.0801. The Morgan fingerprint density at radius 2 is 2.04 bits per heavy atom. The number of aryl methyl sites for hydroxylation is 2. The van der Waals surface area contributed by atoms with E-state index in [0.29, 0.717) is 12.4 Å². The SMILES string of the molecule is Cc1cc(C(=O)Nc2cccc(CNc3cccnc3N)c2)c(C)s1. The Hall–Kier alpha value is -2.86. The highest BCUT2D eigenvalue weighted by Gasteiger charge is 2.12. The standard InChI is InChI=1S/C19H20N4OS/c1-12-9-16(13(2)25-12)19(24)23-15-6-3-5-14(10-15)11-22-17-7-4-8-21-18(17)20/h3-10,22H,11H2,1-2H3,(H2,20,21)(H,23,24). The van der Waals surface area contributed by atoms with Crippen LogP contribution in [0.3, 0.4) is 0 Å². The Kier molecular flexibility index (Phi) is 5.00. The molecule has 0 atom stereocenters. The molecule has 0 fully saturated rings. The van der Waals surface area contributed by atoms with Crippen molar-refractivity contribution in [3.63, 3.8) is 0 Å². The van der Waals surface area contributed by atoms with Gasteiger partial charge in [0.15, 0.2) is 0 Å². The van der Waals surface area contributed by atoms with E-state index in [1.807, 2.05) is 56.3 Å². The van der Waals surface area contributed by atoms with E-state index < -0.39 is 0 Å². The molecular weight excluding hydrogens is 332 g/mol. The number of carbonyl (C=O) groups is 1. The Morgan fingerprint density at radius 3 is 2.76 bits per heavy atom. The number of hydrogen-bond acceptors (Lipinski definition) is 5. The van der Waals surface area contributed by atoms with Crippen molar-refractivity contribution in [3.05, 3.63) is 69.5 Å². The largest absolute Gasteiger partial charge is 0.382 e. The van der Waals surface area contributed by atoms with Gasteiger partial charge in [0.25, 0.3) is 5.91 Å². The number of rotatable bonds is 5. The molecule has 2 aromatic heterocycles. The van der Waals surface area contributed by atoms with Gasteiger partial charge in [-0.25, -0.2) is 4.98 Å². The predicted octanol–water partition coefficient (Wildman–Crippen LogP) is 4.21. The van der Waals surface area contributed by atoms with Gasteiger partial charge >= 0.3 is 0 Å². The fourth-order valence-electron chi connectivity index (χ4n) is 2.58. The molecule has 0 spiro atoms. The lowest BCUT2D eigenvalue weighted by Crippen LogP contribution is -2.12. The molecule has 5 nitrogen and oxygen atoms in total. The number of nitrogens with two attached hydrogens (primary N) is 1. The van der Waals surface area contributed by atoms with Crippen LogP contribution in [0.2, 0.25) is 0 Å². The summed E-state index contributed by atoms with van der Waals surface area (Å²) in [6.07, 6.45) is 1.66. The van der Waals surface area contributed by atoms with Gasteiger partial charge in [0.2, 0.25) is 0 Å². The van der Waals surface area contributed by atoms with Crippen LogP contribution in [0.15, 0.2) is 48.7 Å². The lowest BCUT2D eigenvalue weighted by atomic mass is 10.1. The number of carbonyl (C=O) groups excluding carboxylic acids is 1. The second kappa shape index (κ2) is 7.36. The zero-order chi connectivity index (χ0) is 17.8. The molecule has 0 radical (unpaired) electrons. The maximum Gasteiger partial charge on any atom is 0.256 e. The minimum absolute atomic E-state index is 0.0801. The second-order valence-electron chi connectivity index (χ2n) is 5.77. The topological polar surface area (TPSA) is 80.0 Å². The number of nitrogens with zero attached hydrogens (tertiary/aromatic N) is 1. The van der Waals surface area contributed by atoms with Gasteiger partial charge in [-0.1, -0.05) is 12.1 Å². The first kappa shape index (κ1) is 17.0. The fourth-order valence-corrected chi connectivity index (χ4v) is 3.50. The highest BCUT2D eigenvalue weighted by atomic mass is 32.1. The van der Waals surface area contributed by atoms with Crippen LogP contribution in [0.25, 0.3) is 0 Å². The zero-order valence-corrected chi connectivity index (χ0v) is 15.0. The monoisotopic (exact) mass is 352 g/mol. The second-order valence-corrected chi connectivity index (χ2v) is 7.23. The van der Waals surface area contributed by atoms with Gasteiger partial charge in [0.1, 0.15) is 5.82 Å². The molecule has 0 saturated heterocycles. The van der Waals surface area contributed by atoms with Crippen molar-refractivity contribution >= 4 is 34.4 Å². The highest BCUT2D eigenvalue weighted by molar-refractivity contribution is 7.12. The maximum atomic E-state index is 12.4. The molecule has 4 N–H and O–H groups in total. The van der Waals surface area contributed by atoms with Crippen LogP contribution < -0.4 is 16.4 Å². The summed E-state index contributed by atoms with van der Waals surface area (Å²) in [4.78, 5) is 18.7. The third kappa shape index (κ3) is 4.16. The number of nitrogens with one attached hydrogen (secondary N) is 2. The molecule has 0 saturated carbocycles. The minimum Gasteiger partial charge on any atom is -0.382 e. The molecule has 128 valence electrons. The summed E-state index contributed by atoms with van der Waals surface area (Å²) in [5.74, 6) is 0.388. The smallest absolute Gasteiger partial charge is 0.256 e. The average molecular weight is 352 g/mol. The van der Waals surface area contributed by atoms with Crippen LogP contribution in [0.5, 0.6) is 0 Å². The molecule has 2 heterocycles. The third-order valence-electron chi connectivity index (χ3n) is 3.79. The van der Waals surface area contributed by atoms with E-state index in [1.165, 1.54) is 0 Å². The molecule has 3 aromatic rings. The van der Waals surface area contributed by atoms with E-state index >= 15 is 0 Å². The van der Waals surface area contributed by atoms with Gasteiger partial charge in [-0.05, 0) is 49.7 Å². The molecule has 0 bridgehead atoms. The average Bonchev–Trinajstić information content (AvgIpc) is 2.93. The molecule has 0 aliphatic rings. The normalized spacial score (nSPS) is 10.5.